The highest BCUT2D eigenvalue weighted by Gasteiger charge is 2.35. The average Bonchev–Trinajstić information content (AvgIpc) is 3.37. The molecule has 0 bridgehead atoms. The Hall–Kier alpha value is -5.99. The van der Waals surface area contributed by atoms with E-state index in [-0.39, 0.29) is 5.41 Å². The third-order valence-electron chi connectivity index (χ3n) is 10.0. The summed E-state index contributed by atoms with van der Waals surface area (Å²) >= 11 is 0. The first-order chi connectivity index (χ1) is 23.6. The van der Waals surface area contributed by atoms with Crippen molar-refractivity contribution in [2.24, 2.45) is 0 Å². The molecule has 0 aliphatic heterocycles. The summed E-state index contributed by atoms with van der Waals surface area (Å²) in [6, 6.07) is 61.3. The highest BCUT2D eigenvalue weighted by Crippen LogP contribution is 2.51. The molecule has 0 fully saturated rings. The first-order valence-corrected chi connectivity index (χ1v) is 16.6. The molecule has 0 amide bonds. The minimum atomic E-state index is -0.102. The van der Waals surface area contributed by atoms with Crippen LogP contribution in [0.4, 0.5) is 17.1 Å². The van der Waals surface area contributed by atoms with Crippen molar-refractivity contribution >= 4 is 38.7 Å². The van der Waals surface area contributed by atoms with E-state index in [1.54, 1.807) is 0 Å². The first kappa shape index (κ1) is 28.3. The summed E-state index contributed by atoms with van der Waals surface area (Å²) in [4.78, 5) is 7.65. The number of fused-ring (bicyclic) bond motifs is 6. The zero-order valence-electron chi connectivity index (χ0n) is 27.1. The van der Waals surface area contributed by atoms with Crippen molar-refractivity contribution in [1.29, 1.82) is 0 Å². The molecule has 0 N–H and O–H groups in total. The fraction of sp³-hybridized carbons (Fsp3) is 0.0652. The summed E-state index contributed by atoms with van der Waals surface area (Å²) in [6.07, 6.45) is 0. The van der Waals surface area contributed by atoms with Crippen LogP contribution in [0.5, 0.6) is 0 Å². The van der Waals surface area contributed by atoms with Crippen LogP contribution < -0.4 is 4.90 Å². The van der Waals surface area contributed by atoms with Crippen LogP contribution in [0.25, 0.3) is 55.2 Å². The number of hydrogen-bond donors (Lipinski definition) is 0. The molecule has 0 radical (unpaired) electrons. The predicted molar refractivity (Wildman–Crippen MR) is 202 cm³/mol. The number of nitrogens with zero attached hydrogens (tertiary/aromatic N) is 2. The largest absolute Gasteiger partial charge is 0.310 e. The van der Waals surface area contributed by atoms with Crippen LogP contribution in [0, 0.1) is 0 Å². The average molecular weight is 615 g/mol. The fourth-order valence-corrected chi connectivity index (χ4v) is 7.65. The molecule has 1 aromatic heterocycles. The second kappa shape index (κ2) is 11.1. The molecule has 8 aromatic rings. The Balaban J connectivity index is 1.25. The van der Waals surface area contributed by atoms with Gasteiger partial charge in [-0.1, -0.05) is 141 Å². The summed E-state index contributed by atoms with van der Waals surface area (Å²) < 4.78 is 0. The third-order valence-corrected chi connectivity index (χ3v) is 10.0. The molecule has 0 atom stereocenters. The van der Waals surface area contributed by atoms with Crippen molar-refractivity contribution in [2.45, 2.75) is 19.3 Å². The second-order valence-corrected chi connectivity index (χ2v) is 13.2. The number of benzene rings is 7. The number of para-hydroxylation sites is 1. The Labute approximate surface area is 281 Å². The van der Waals surface area contributed by atoms with Gasteiger partial charge in [0.1, 0.15) is 0 Å². The van der Waals surface area contributed by atoms with Gasteiger partial charge in [0.15, 0.2) is 0 Å². The van der Waals surface area contributed by atoms with Crippen molar-refractivity contribution in [2.75, 3.05) is 4.90 Å². The first-order valence-electron chi connectivity index (χ1n) is 16.6. The number of pyridine rings is 1. The Morgan fingerprint density at radius 3 is 1.81 bits per heavy atom. The minimum absolute atomic E-state index is 0.102. The van der Waals surface area contributed by atoms with Gasteiger partial charge in [0.2, 0.25) is 0 Å². The van der Waals surface area contributed by atoms with Gasteiger partial charge in [0, 0.05) is 38.8 Å². The second-order valence-electron chi connectivity index (χ2n) is 13.2. The molecule has 1 aliphatic rings. The lowest BCUT2D eigenvalue weighted by Crippen LogP contribution is -2.16. The normalized spacial score (nSPS) is 13.0. The molecule has 228 valence electrons. The van der Waals surface area contributed by atoms with Gasteiger partial charge in [-0.05, 0) is 81.2 Å². The third kappa shape index (κ3) is 4.52. The van der Waals surface area contributed by atoms with Crippen LogP contribution in [0.1, 0.15) is 25.0 Å². The van der Waals surface area contributed by atoms with Crippen LogP contribution in [0.15, 0.2) is 170 Å². The van der Waals surface area contributed by atoms with Crippen molar-refractivity contribution in [1.82, 2.24) is 4.98 Å². The SMILES string of the molecule is CC1(C)c2ccccc2-c2ccc(N(c3cccc(-c4ccccc4)c3)c3cccc(-c4nc5ccccc5c5ccccc45)c3)cc21. The maximum atomic E-state index is 5.24. The van der Waals surface area contributed by atoms with E-state index >= 15 is 0 Å². The number of hydrogen-bond acceptors (Lipinski definition) is 2. The van der Waals surface area contributed by atoms with Crippen LogP contribution in [-0.2, 0) is 5.41 Å². The van der Waals surface area contributed by atoms with Gasteiger partial charge in [0.05, 0.1) is 11.2 Å². The maximum absolute atomic E-state index is 5.24. The van der Waals surface area contributed by atoms with E-state index in [2.05, 4.69) is 189 Å². The molecule has 0 saturated carbocycles. The van der Waals surface area contributed by atoms with Crippen LogP contribution in [0.2, 0.25) is 0 Å². The quantitative estimate of drug-likeness (QED) is 0.179. The molecule has 2 nitrogen and oxygen atoms in total. The molecule has 0 saturated heterocycles. The molecule has 2 heteroatoms. The zero-order valence-corrected chi connectivity index (χ0v) is 27.1. The summed E-state index contributed by atoms with van der Waals surface area (Å²) in [5.74, 6) is 0. The molecule has 1 aliphatic carbocycles. The highest BCUT2D eigenvalue weighted by atomic mass is 15.1. The summed E-state index contributed by atoms with van der Waals surface area (Å²) in [5, 5.41) is 3.55. The van der Waals surface area contributed by atoms with Crippen LogP contribution in [-0.4, -0.2) is 4.98 Å². The van der Waals surface area contributed by atoms with E-state index in [9.17, 15) is 0 Å². The fourth-order valence-electron chi connectivity index (χ4n) is 7.65. The lowest BCUT2D eigenvalue weighted by Gasteiger charge is -2.29. The number of rotatable bonds is 5. The predicted octanol–water partition coefficient (Wildman–Crippen LogP) is 12.5. The standard InChI is InChI=1S/C46H34N2/c1-46(2)42-24-10-8-21-38(42)39-27-26-36(30-43(39)46)48(34-18-12-16-32(28-34)31-14-4-3-5-15-31)35-19-13-17-33(29-35)45-41-23-7-6-20-37(41)40-22-9-11-25-44(40)47-45/h3-30H,1-2H3. The lowest BCUT2D eigenvalue weighted by molar-refractivity contribution is 0.660. The molecule has 9 rings (SSSR count). The minimum Gasteiger partial charge on any atom is -0.310 e. The summed E-state index contributed by atoms with van der Waals surface area (Å²) in [6.45, 7) is 4.69. The van der Waals surface area contributed by atoms with E-state index < -0.39 is 0 Å². The molecule has 0 spiro atoms. The van der Waals surface area contributed by atoms with Gasteiger partial charge >= 0.3 is 0 Å². The van der Waals surface area contributed by atoms with E-state index in [1.807, 2.05) is 0 Å². The van der Waals surface area contributed by atoms with Crippen molar-refractivity contribution in [3.05, 3.63) is 181 Å². The van der Waals surface area contributed by atoms with E-state index in [4.69, 9.17) is 4.98 Å². The molecule has 48 heavy (non-hydrogen) atoms. The Bertz CT molecular complexity index is 2490. The van der Waals surface area contributed by atoms with E-state index in [0.717, 1.165) is 39.2 Å². The van der Waals surface area contributed by atoms with Gasteiger partial charge in [-0.25, -0.2) is 4.98 Å². The maximum Gasteiger partial charge on any atom is 0.0788 e. The van der Waals surface area contributed by atoms with Crippen molar-refractivity contribution in [3.8, 4) is 33.5 Å². The number of anilines is 3. The Morgan fingerprint density at radius 2 is 1.00 bits per heavy atom. The summed E-state index contributed by atoms with van der Waals surface area (Å²) in [7, 11) is 0. The monoisotopic (exact) mass is 614 g/mol. The van der Waals surface area contributed by atoms with Gasteiger partial charge in [-0.2, -0.15) is 0 Å². The molecular formula is C46H34N2. The van der Waals surface area contributed by atoms with Gasteiger partial charge < -0.3 is 4.90 Å². The van der Waals surface area contributed by atoms with Gasteiger partial charge in [-0.3, -0.25) is 0 Å². The van der Waals surface area contributed by atoms with Gasteiger partial charge in [0.25, 0.3) is 0 Å². The highest BCUT2D eigenvalue weighted by molar-refractivity contribution is 6.11. The number of aromatic nitrogens is 1. The summed E-state index contributed by atoms with van der Waals surface area (Å²) in [5.41, 5.74) is 14.1. The van der Waals surface area contributed by atoms with E-state index in [0.29, 0.717) is 0 Å². The van der Waals surface area contributed by atoms with Crippen LogP contribution in [0.3, 0.4) is 0 Å². The van der Waals surface area contributed by atoms with Crippen molar-refractivity contribution < 1.29 is 0 Å². The topological polar surface area (TPSA) is 16.1 Å². The smallest absolute Gasteiger partial charge is 0.0788 e. The Kier molecular flexibility index (Phi) is 6.51. The molecule has 0 unspecified atom stereocenters. The van der Waals surface area contributed by atoms with E-state index in [1.165, 1.54) is 44.2 Å². The zero-order chi connectivity index (χ0) is 32.2. The molecule has 7 aromatic carbocycles. The molecular weight excluding hydrogens is 581 g/mol. The molecule has 1 heterocycles. The van der Waals surface area contributed by atoms with Crippen molar-refractivity contribution in [3.63, 3.8) is 0 Å². The van der Waals surface area contributed by atoms with Crippen LogP contribution >= 0.6 is 0 Å². The lowest BCUT2D eigenvalue weighted by atomic mass is 9.82. The van der Waals surface area contributed by atoms with Gasteiger partial charge in [-0.15, -0.1) is 0 Å². The Morgan fingerprint density at radius 1 is 0.417 bits per heavy atom.